The molecular formula is C45H52Cl5N3O7. The van der Waals surface area contributed by atoms with Crippen LogP contribution in [-0.2, 0) is 20.7 Å². The van der Waals surface area contributed by atoms with E-state index >= 15 is 4.79 Å². The molecule has 15 heteroatoms. The molecule has 3 aromatic rings. The lowest BCUT2D eigenvalue weighted by atomic mass is 9.81. The molecule has 0 N–H and O–H groups in total. The van der Waals surface area contributed by atoms with Crippen molar-refractivity contribution < 1.29 is 33.3 Å². The number of amides is 3. The van der Waals surface area contributed by atoms with E-state index in [0.717, 1.165) is 40.7 Å². The smallest absolute Gasteiger partial charge is 0.411 e. The maximum absolute atomic E-state index is 15.3. The molecule has 60 heavy (non-hydrogen) atoms. The molecule has 3 amide bonds. The molecular weight excluding hydrogens is 872 g/mol. The first-order valence-electron chi connectivity index (χ1n) is 20.1. The predicted molar refractivity (Wildman–Crippen MR) is 238 cm³/mol. The number of fused-ring (bicyclic) bond motifs is 2. The molecule has 2 atom stereocenters. The summed E-state index contributed by atoms with van der Waals surface area (Å²) in [5, 5.41) is 1.16. The van der Waals surface area contributed by atoms with Crippen molar-refractivity contribution >= 4 is 81.7 Å². The zero-order valence-corrected chi connectivity index (χ0v) is 38.7. The van der Waals surface area contributed by atoms with Gasteiger partial charge in [-0.25, -0.2) is 9.59 Å². The summed E-state index contributed by atoms with van der Waals surface area (Å²) in [5.74, 6) is 0.958. The minimum absolute atomic E-state index is 0.00240. The third-order valence-corrected chi connectivity index (χ3v) is 13.0. The number of rotatable bonds is 12. The highest BCUT2D eigenvalue weighted by Gasteiger charge is 2.53. The zero-order valence-electron chi connectivity index (χ0n) is 35.0. The summed E-state index contributed by atoms with van der Waals surface area (Å²) in [5.41, 5.74) is 2.67. The number of alkyl halides is 3. The van der Waals surface area contributed by atoms with Gasteiger partial charge in [0.25, 0.3) is 5.91 Å². The van der Waals surface area contributed by atoms with Crippen molar-refractivity contribution in [2.24, 2.45) is 0 Å². The van der Waals surface area contributed by atoms with Crippen LogP contribution in [0.2, 0.25) is 10.0 Å². The topological polar surface area (TPSA) is 97.9 Å². The Morgan fingerprint density at radius 1 is 0.800 bits per heavy atom. The number of ether oxygens (including phenoxy) is 4. The Morgan fingerprint density at radius 2 is 1.45 bits per heavy atom. The molecule has 2 unspecified atom stereocenters. The van der Waals surface area contributed by atoms with E-state index in [9.17, 15) is 9.59 Å². The van der Waals surface area contributed by atoms with Gasteiger partial charge in [0.1, 0.15) is 30.3 Å². The fourth-order valence-electron chi connectivity index (χ4n) is 7.40. The summed E-state index contributed by atoms with van der Waals surface area (Å²) in [6, 6.07) is 17.3. The summed E-state index contributed by atoms with van der Waals surface area (Å²) < 4.78 is 21.7. The van der Waals surface area contributed by atoms with Gasteiger partial charge in [0.15, 0.2) is 5.60 Å². The number of carbonyl (C=O) groups excluding carboxylic acids is 3. The third kappa shape index (κ3) is 10.9. The molecule has 1 saturated heterocycles. The van der Waals surface area contributed by atoms with E-state index in [1.54, 1.807) is 25.7 Å². The molecule has 3 aromatic carbocycles. The Kier molecular flexibility index (Phi) is 14.1. The number of aryl methyl sites for hydroxylation is 2. The molecule has 1 aliphatic carbocycles. The molecule has 3 aliphatic rings. The van der Waals surface area contributed by atoms with E-state index in [1.165, 1.54) is 18.7 Å². The van der Waals surface area contributed by atoms with Crippen LogP contribution in [0.1, 0.15) is 76.1 Å². The van der Waals surface area contributed by atoms with Crippen LogP contribution in [0.5, 0.6) is 11.5 Å². The summed E-state index contributed by atoms with van der Waals surface area (Å²) in [6.45, 7) is 13.4. The molecule has 2 aliphatic heterocycles. The average molecular weight is 924 g/mol. The van der Waals surface area contributed by atoms with Crippen molar-refractivity contribution in [2.45, 2.75) is 107 Å². The van der Waals surface area contributed by atoms with Gasteiger partial charge < -0.3 is 28.7 Å². The summed E-state index contributed by atoms with van der Waals surface area (Å²) in [6.07, 6.45) is 1.10. The number of nitrogens with zero attached hydrogens (tertiary/aromatic N) is 3. The van der Waals surface area contributed by atoms with Gasteiger partial charge in [0.2, 0.25) is 3.79 Å². The number of hydrogen-bond donors (Lipinski definition) is 0. The van der Waals surface area contributed by atoms with E-state index < -0.39 is 39.3 Å². The highest BCUT2D eigenvalue weighted by molar-refractivity contribution is 6.68. The molecule has 6 rings (SSSR count). The van der Waals surface area contributed by atoms with E-state index in [0.29, 0.717) is 40.1 Å². The zero-order chi connectivity index (χ0) is 43.7. The van der Waals surface area contributed by atoms with Gasteiger partial charge in [0.05, 0.1) is 17.1 Å². The van der Waals surface area contributed by atoms with Gasteiger partial charge in [-0.1, -0.05) is 88.3 Å². The van der Waals surface area contributed by atoms with Crippen LogP contribution < -0.4 is 9.47 Å². The maximum Gasteiger partial charge on any atom is 0.411 e. The summed E-state index contributed by atoms with van der Waals surface area (Å²) >= 11 is 31.8. The monoisotopic (exact) mass is 921 g/mol. The van der Waals surface area contributed by atoms with Gasteiger partial charge >= 0.3 is 12.2 Å². The number of hydrogen-bond acceptors (Lipinski definition) is 7. The Balaban J connectivity index is 1.35. The lowest BCUT2D eigenvalue weighted by molar-refractivity contribution is -0.129. The first kappa shape index (κ1) is 46.0. The Hall–Kier alpha value is -3.54. The van der Waals surface area contributed by atoms with E-state index in [4.69, 9.17) is 77.0 Å². The minimum atomic E-state index is -1.96. The molecule has 10 nitrogen and oxygen atoms in total. The standard InChI is InChI=1S/C45H52Cl5N3O7/c1-27-22-36(47)38(23-28(27)2)58-21-20-57-33-16-12-29(13-17-33)34-24-32-25-51(41(55)59-43(3,4)5)26-37(53(32)42(56)60-44(6,7)45(48,49)50)39(34)40(54)52(31-14-15-31)19-18-30-10-8-9-11-35(30)46/h8-13,16-17,22-23,31-32,37H,14-15,18-21,24-26H2,1-7H3. The van der Waals surface area contributed by atoms with Gasteiger partial charge in [-0.05, 0) is 132 Å². The predicted octanol–water partition coefficient (Wildman–Crippen LogP) is 11.0. The van der Waals surface area contributed by atoms with E-state index in [-0.39, 0.29) is 44.7 Å². The van der Waals surface area contributed by atoms with Gasteiger partial charge in [-0.3, -0.25) is 9.69 Å². The van der Waals surface area contributed by atoms with Crippen molar-refractivity contribution in [1.29, 1.82) is 0 Å². The molecule has 2 fully saturated rings. The van der Waals surface area contributed by atoms with Crippen molar-refractivity contribution in [3.8, 4) is 11.5 Å². The van der Waals surface area contributed by atoms with Crippen LogP contribution in [0, 0.1) is 13.8 Å². The summed E-state index contributed by atoms with van der Waals surface area (Å²) in [7, 11) is 0. The second-order valence-corrected chi connectivity index (χ2v) is 20.2. The van der Waals surface area contributed by atoms with Crippen LogP contribution in [0.3, 0.4) is 0 Å². The third-order valence-electron chi connectivity index (χ3n) is 11.0. The highest BCUT2D eigenvalue weighted by atomic mass is 35.6. The summed E-state index contributed by atoms with van der Waals surface area (Å²) in [4.78, 5) is 48.3. The van der Waals surface area contributed by atoms with E-state index in [2.05, 4.69) is 0 Å². The number of halogens is 5. The second-order valence-electron chi connectivity index (χ2n) is 17.1. The molecule has 2 heterocycles. The average Bonchev–Trinajstić information content (AvgIpc) is 4.00. The maximum atomic E-state index is 15.3. The fraction of sp³-hybridized carbons (Fsp3) is 0.489. The first-order valence-corrected chi connectivity index (χ1v) is 22.0. The van der Waals surface area contributed by atoms with Gasteiger partial charge in [-0.15, -0.1) is 0 Å². The quantitative estimate of drug-likeness (QED) is 0.132. The van der Waals surface area contributed by atoms with Gasteiger partial charge in [0, 0.05) is 36.3 Å². The Labute approximate surface area is 377 Å². The van der Waals surface area contributed by atoms with Crippen LogP contribution in [0.25, 0.3) is 5.57 Å². The molecule has 0 aromatic heterocycles. The van der Waals surface area contributed by atoms with E-state index in [1.807, 2.05) is 79.4 Å². The Bertz CT molecular complexity index is 2110. The minimum Gasteiger partial charge on any atom is -0.490 e. The van der Waals surface area contributed by atoms with Crippen LogP contribution in [0.4, 0.5) is 9.59 Å². The van der Waals surface area contributed by atoms with Crippen molar-refractivity contribution in [3.63, 3.8) is 0 Å². The van der Waals surface area contributed by atoms with Gasteiger partial charge in [-0.2, -0.15) is 0 Å². The lowest BCUT2D eigenvalue weighted by Crippen LogP contribution is -2.66. The molecule has 0 radical (unpaired) electrons. The van der Waals surface area contributed by atoms with Crippen LogP contribution >= 0.6 is 58.0 Å². The SMILES string of the molecule is Cc1cc(Cl)c(OCCOc2ccc(C3=C(C(=O)N(CCc4ccccc4Cl)C4CC4)C4CN(C(=O)OC(C)(C)C)CC(C3)N4C(=O)OC(C)(C)C(Cl)(Cl)Cl)cc2)cc1C. The molecule has 324 valence electrons. The van der Waals surface area contributed by atoms with Crippen LogP contribution in [0.15, 0.2) is 66.2 Å². The molecule has 2 bridgehead atoms. The van der Waals surface area contributed by atoms with Crippen molar-refractivity contribution in [2.75, 3.05) is 32.8 Å². The number of benzene rings is 3. The highest BCUT2D eigenvalue weighted by Crippen LogP contribution is 2.45. The van der Waals surface area contributed by atoms with Crippen molar-refractivity contribution in [3.05, 3.63) is 98.5 Å². The van der Waals surface area contributed by atoms with Crippen molar-refractivity contribution in [1.82, 2.24) is 14.7 Å². The lowest BCUT2D eigenvalue weighted by Gasteiger charge is -2.51. The Morgan fingerprint density at radius 3 is 2.08 bits per heavy atom. The normalized spacial score (nSPS) is 18.3. The molecule has 0 spiro atoms. The van der Waals surface area contributed by atoms with Crippen LogP contribution in [-0.4, -0.2) is 98.8 Å². The fourth-order valence-corrected chi connectivity index (χ4v) is 8.01. The first-order chi connectivity index (χ1) is 28.1. The number of piperazine rings is 1. The largest absolute Gasteiger partial charge is 0.490 e. The number of carbonyl (C=O) groups is 3. The molecule has 1 saturated carbocycles. The second kappa shape index (κ2) is 18.4.